The molecule has 0 fully saturated rings. The van der Waals surface area contributed by atoms with Crippen molar-refractivity contribution in [3.63, 3.8) is 0 Å². The number of thiophene rings is 1. The summed E-state index contributed by atoms with van der Waals surface area (Å²) in [6.45, 7) is 0.987. The number of amides is 1. The maximum Gasteiger partial charge on any atom is 0.277 e. The van der Waals surface area contributed by atoms with Crippen LogP contribution in [-0.2, 0) is 11.3 Å². The molecule has 0 aliphatic carbocycles. The van der Waals surface area contributed by atoms with Gasteiger partial charge in [-0.3, -0.25) is 4.79 Å². The SMILES string of the molecule is CN(Cc1ccc(Cl)cc1)C(=O)C[NH2+][C@@H](c1ccccc1)c1cccs1. The molecule has 2 aromatic carbocycles. The van der Waals surface area contributed by atoms with Crippen molar-refractivity contribution in [2.75, 3.05) is 13.6 Å². The summed E-state index contributed by atoms with van der Waals surface area (Å²) >= 11 is 7.64. The van der Waals surface area contributed by atoms with Gasteiger partial charge in [-0.15, -0.1) is 11.3 Å². The molecule has 0 unspecified atom stereocenters. The molecule has 1 amide bonds. The van der Waals surface area contributed by atoms with E-state index in [-0.39, 0.29) is 11.9 Å². The van der Waals surface area contributed by atoms with E-state index in [0.717, 1.165) is 5.56 Å². The number of nitrogens with zero attached hydrogens (tertiary/aromatic N) is 1. The molecule has 26 heavy (non-hydrogen) atoms. The molecule has 0 saturated heterocycles. The summed E-state index contributed by atoms with van der Waals surface area (Å²) in [6, 6.07) is 22.3. The lowest BCUT2D eigenvalue weighted by Gasteiger charge is -2.19. The van der Waals surface area contributed by atoms with Gasteiger partial charge in [0.25, 0.3) is 5.91 Å². The van der Waals surface area contributed by atoms with Gasteiger partial charge in [-0.1, -0.05) is 60.1 Å². The second-order valence-electron chi connectivity index (χ2n) is 6.22. The van der Waals surface area contributed by atoms with E-state index in [1.807, 2.05) is 49.5 Å². The van der Waals surface area contributed by atoms with Gasteiger partial charge in [-0.05, 0) is 29.1 Å². The van der Waals surface area contributed by atoms with Crippen molar-refractivity contribution in [3.8, 4) is 0 Å². The smallest absolute Gasteiger partial charge is 0.277 e. The van der Waals surface area contributed by atoms with Gasteiger partial charge in [0, 0.05) is 24.2 Å². The maximum atomic E-state index is 12.6. The summed E-state index contributed by atoms with van der Waals surface area (Å²) in [6.07, 6.45) is 0. The van der Waals surface area contributed by atoms with Crippen LogP contribution in [-0.4, -0.2) is 24.4 Å². The fraction of sp³-hybridized carbons (Fsp3) is 0.190. The van der Waals surface area contributed by atoms with Crippen LogP contribution in [0.3, 0.4) is 0 Å². The molecule has 1 atom stereocenters. The normalized spacial score (nSPS) is 11.9. The first-order chi connectivity index (χ1) is 12.6. The molecule has 1 aromatic heterocycles. The van der Waals surface area contributed by atoms with E-state index in [4.69, 9.17) is 11.6 Å². The minimum absolute atomic E-state index is 0.109. The van der Waals surface area contributed by atoms with Crippen molar-refractivity contribution in [3.05, 3.63) is 93.1 Å². The molecule has 2 N–H and O–H groups in total. The highest BCUT2D eigenvalue weighted by atomic mass is 35.5. The number of nitrogens with two attached hydrogens (primary N) is 1. The second-order valence-corrected chi connectivity index (χ2v) is 7.64. The Kier molecular flexibility index (Phi) is 6.45. The van der Waals surface area contributed by atoms with Gasteiger partial charge in [-0.2, -0.15) is 0 Å². The van der Waals surface area contributed by atoms with Crippen molar-refractivity contribution in [2.24, 2.45) is 0 Å². The second kappa shape index (κ2) is 8.99. The van der Waals surface area contributed by atoms with E-state index in [9.17, 15) is 4.79 Å². The van der Waals surface area contributed by atoms with E-state index in [0.29, 0.717) is 18.1 Å². The zero-order valence-corrected chi connectivity index (χ0v) is 16.2. The van der Waals surface area contributed by atoms with Crippen LogP contribution < -0.4 is 5.32 Å². The van der Waals surface area contributed by atoms with Crippen molar-refractivity contribution < 1.29 is 10.1 Å². The van der Waals surface area contributed by atoms with Gasteiger partial charge in [-0.25, -0.2) is 0 Å². The first-order valence-electron chi connectivity index (χ1n) is 8.53. The highest BCUT2D eigenvalue weighted by molar-refractivity contribution is 7.10. The number of benzene rings is 2. The number of likely N-dealkylation sites (N-methyl/N-ethyl adjacent to an activating group) is 1. The van der Waals surface area contributed by atoms with E-state index in [1.54, 1.807) is 16.2 Å². The first-order valence-corrected chi connectivity index (χ1v) is 9.79. The van der Waals surface area contributed by atoms with Crippen LogP contribution in [0.2, 0.25) is 5.02 Å². The summed E-state index contributed by atoms with van der Waals surface area (Å²) in [5.41, 5.74) is 2.28. The maximum absolute atomic E-state index is 12.6. The summed E-state index contributed by atoms with van der Waals surface area (Å²) in [5, 5.41) is 4.90. The molecule has 0 spiro atoms. The topological polar surface area (TPSA) is 36.9 Å². The number of hydrogen-bond donors (Lipinski definition) is 1. The lowest BCUT2D eigenvalue weighted by molar-refractivity contribution is -0.676. The number of halogens is 1. The Labute approximate surface area is 163 Å². The Bertz CT molecular complexity index is 819. The van der Waals surface area contributed by atoms with E-state index in [2.05, 4.69) is 35.0 Å². The summed E-state index contributed by atoms with van der Waals surface area (Å²) in [7, 11) is 1.84. The average Bonchev–Trinajstić information content (AvgIpc) is 3.19. The monoisotopic (exact) mass is 385 g/mol. The Morgan fingerprint density at radius 2 is 1.81 bits per heavy atom. The lowest BCUT2D eigenvalue weighted by atomic mass is 10.1. The van der Waals surface area contributed by atoms with E-state index in [1.165, 1.54) is 10.4 Å². The van der Waals surface area contributed by atoms with Gasteiger partial charge >= 0.3 is 0 Å². The molecule has 0 bridgehead atoms. The van der Waals surface area contributed by atoms with Crippen LogP contribution in [0.25, 0.3) is 0 Å². The fourth-order valence-electron chi connectivity index (χ4n) is 2.87. The molecular weight excluding hydrogens is 364 g/mol. The Hall–Kier alpha value is -2.14. The fourth-order valence-corrected chi connectivity index (χ4v) is 3.85. The number of carbonyl (C=O) groups excluding carboxylic acids is 1. The van der Waals surface area contributed by atoms with Crippen molar-refractivity contribution >= 4 is 28.8 Å². The molecular formula is C21H22ClN2OS+. The van der Waals surface area contributed by atoms with Crippen LogP contribution in [0.5, 0.6) is 0 Å². The van der Waals surface area contributed by atoms with Gasteiger partial charge in [0.15, 0.2) is 6.54 Å². The first kappa shape index (κ1) is 18.6. The lowest BCUT2D eigenvalue weighted by Crippen LogP contribution is -2.87. The molecule has 3 aromatic rings. The molecule has 3 nitrogen and oxygen atoms in total. The minimum atomic E-state index is 0.109. The predicted molar refractivity (Wildman–Crippen MR) is 107 cm³/mol. The molecule has 0 saturated carbocycles. The largest absolute Gasteiger partial charge is 0.337 e. The van der Waals surface area contributed by atoms with Crippen molar-refractivity contribution in [2.45, 2.75) is 12.6 Å². The van der Waals surface area contributed by atoms with Crippen LogP contribution in [0.1, 0.15) is 22.0 Å². The molecule has 0 aliphatic heterocycles. The third-order valence-corrected chi connectivity index (χ3v) is 5.50. The molecule has 5 heteroatoms. The number of quaternary nitrogens is 1. The van der Waals surface area contributed by atoms with Crippen LogP contribution >= 0.6 is 22.9 Å². The Morgan fingerprint density at radius 3 is 2.46 bits per heavy atom. The van der Waals surface area contributed by atoms with Gasteiger partial charge in [0.2, 0.25) is 0 Å². The molecule has 1 heterocycles. The van der Waals surface area contributed by atoms with Gasteiger partial charge < -0.3 is 10.2 Å². The van der Waals surface area contributed by atoms with Gasteiger partial charge in [0.05, 0.1) is 4.88 Å². The molecule has 3 rings (SSSR count). The Morgan fingerprint density at radius 1 is 1.08 bits per heavy atom. The summed E-state index contributed by atoms with van der Waals surface area (Å²) < 4.78 is 0. The third kappa shape index (κ3) is 4.94. The van der Waals surface area contributed by atoms with Crippen molar-refractivity contribution in [1.29, 1.82) is 0 Å². The van der Waals surface area contributed by atoms with Gasteiger partial charge in [0.1, 0.15) is 6.04 Å². The molecule has 134 valence electrons. The highest BCUT2D eigenvalue weighted by Gasteiger charge is 2.21. The van der Waals surface area contributed by atoms with Crippen LogP contribution in [0, 0.1) is 0 Å². The average molecular weight is 386 g/mol. The zero-order valence-electron chi connectivity index (χ0n) is 14.6. The standard InChI is InChI=1S/C21H21ClN2OS/c1-24(15-16-9-11-18(22)12-10-16)20(25)14-23-21(19-8-5-13-26-19)17-6-3-2-4-7-17/h2-13,21,23H,14-15H2,1H3/p+1/t21-/m0/s1. The number of rotatable bonds is 7. The summed E-state index contributed by atoms with van der Waals surface area (Å²) in [5.74, 6) is 0.109. The Balaban J connectivity index is 1.63. The van der Waals surface area contributed by atoms with Crippen LogP contribution in [0.4, 0.5) is 0 Å². The highest BCUT2D eigenvalue weighted by Crippen LogP contribution is 2.22. The summed E-state index contributed by atoms with van der Waals surface area (Å²) in [4.78, 5) is 15.6. The minimum Gasteiger partial charge on any atom is -0.337 e. The zero-order chi connectivity index (χ0) is 18.4. The quantitative estimate of drug-likeness (QED) is 0.661. The third-order valence-electron chi connectivity index (χ3n) is 4.30. The van der Waals surface area contributed by atoms with Crippen molar-refractivity contribution in [1.82, 2.24) is 4.90 Å². The molecule has 0 radical (unpaired) electrons. The van der Waals surface area contributed by atoms with Crippen LogP contribution in [0.15, 0.2) is 72.1 Å². The predicted octanol–water partition coefficient (Wildman–Crippen LogP) is 3.71. The number of hydrogen-bond acceptors (Lipinski definition) is 2. The van der Waals surface area contributed by atoms with E-state index >= 15 is 0 Å². The molecule has 0 aliphatic rings. The van der Waals surface area contributed by atoms with E-state index < -0.39 is 0 Å². The number of carbonyl (C=O) groups is 1.